The van der Waals surface area contributed by atoms with E-state index >= 15 is 0 Å². The normalized spacial score (nSPS) is 12.5. The van der Waals surface area contributed by atoms with Crippen LogP contribution in [-0.2, 0) is 20.0 Å². The molecule has 0 saturated heterocycles. The molecule has 0 fully saturated rings. The van der Waals surface area contributed by atoms with Crippen molar-refractivity contribution < 1.29 is 8.76 Å². The van der Waals surface area contributed by atoms with E-state index in [0.717, 1.165) is 0 Å². The van der Waals surface area contributed by atoms with Crippen molar-refractivity contribution in [3.63, 3.8) is 0 Å². The zero-order chi connectivity index (χ0) is 5.70. The molecular weight excluding hydrogens is 157 g/mol. The van der Waals surface area contributed by atoms with E-state index in [1.54, 1.807) is 6.07 Å². The molecule has 0 aliphatic rings. The summed E-state index contributed by atoms with van der Waals surface area (Å²) in [6.07, 6.45) is 0. The van der Waals surface area contributed by atoms with Crippen molar-refractivity contribution in [3.8, 4) is 6.07 Å². The van der Waals surface area contributed by atoms with Gasteiger partial charge in [-0.1, -0.05) is 0 Å². The van der Waals surface area contributed by atoms with Crippen molar-refractivity contribution in [2.45, 2.75) is 0 Å². The molecule has 0 radical (unpaired) electrons. The van der Waals surface area contributed by atoms with Gasteiger partial charge in [-0.15, -0.1) is 10.3 Å². The van der Waals surface area contributed by atoms with Gasteiger partial charge in [0.05, 0.1) is 21.5 Å². The van der Waals surface area contributed by atoms with E-state index in [1.165, 1.54) is 0 Å². The first-order chi connectivity index (χ1) is 3.27. The number of rotatable bonds is 1. The summed E-state index contributed by atoms with van der Waals surface area (Å²) < 4.78 is 17.8. The van der Waals surface area contributed by atoms with Crippen LogP contribution in [0.3, 0.4) is 0 Å². The van der Waals surface area contributed by atoms with E-state index in [-0.39, 0.29) is 35.3 Å². The van der Waals surface area contributed by atoms with Gasteiger partial charge in [0.2, 0.25) is 0 Å². The van der Waals surface area contributed by atoms with Gasteiger partial charge in [-0.3, -0.25) is 0 Å². The molecule has 0 rings (SSSR count). The molecule has 0 aromatic rings. The van der Waals surface area contributed by atoms with E-state index in [9.17, 15) is 4.21 Å². The molecule has 6 heteroatoms. The van der Waals surface area contributed by atoms with Gasteiger partial charge in [0, 0.05) is 0 Å². The Morgan fingerprint density at radius 2 is 2.38 bits per heavy atom. The van der Waals surface area contributed by atoms with Gasteiger partial charge in [0.25, 0.3) is 0 Å². The van der Waals surface area contributed by atoms with Crippen LogP contribution in [0.15, 0.2) is 0 Å². The Kier molecular flexibility index (Phi) is 11.6. The minimum absolute atomic E-state index is 0. The summed E-state index contributed by atoms with van der Waals surface area (Å²) in [5.74, 6) is 0.145. The Hall–Kier alpha value is 0.950. The molecule has 0 heterocycles. The number of nitrogens with zero attached hydrogens (tertiary/aromatic N) is 1. The van der Waals surface area contributed by atoms with Gasteiger partial charge < -0.3 is 4.55 Å². The Labute approximate surface area is 74.9 Å². The molecule has 0 spiro atoms. The molecule has 1 unspecified atom stereocenters. The predicted molar refractivity (Wildman–Crippen MR) is 38.6 cm³/mol. The topological polar surface area (TPSA) is 61.1 Å². The fourth-order valence-corrected chi connectivity index (χ4v) is 0.829. The molecule has 0 amide bonds. The molecular formula is C2H6NNaO2S2. The molecule has 8 heavy (non-hydrogen) atoms. The van der Waals surface area contributed by atoms with E-state index in [0.29, 0.717) is 10.3 Å². The monoisotopic (exact) mass is 163 g/mol. The summed E-state index contributed by atoms with van der Waals surface area (Å²) in [5.41, 5.74) is 0. The van der Waals surface area contributed by atoms with Crippen LogP contribution in [0, 0.1) is 11.3 Å². The summed E-state index contributed by atoms with van der Waals surface area (Å²) in [5, 5.41) is 7.82. The van der Waals surface area contributed by atoms with Crippen LogP contribution in [0.2, 0.25) is 0 Å². The molecule has 0 aromatic carbocycles. The van der Waals surface area contributed by atoms with Crippen LogP contribution >= 0.6 is 0 Å². The third-order valence-corrected chi connectivity index (χ3v) is 1.94. The van der Waals surface area contributed by atoms with Crippen LogP contribution in [0.1, 0.15) is 0 Å². The van der Waals surface area contributed by atoms with Gasteiger partial charge in [0.15, 0.2) is 0 Å². The second kappa shape index (κ2) is 7.95. The van der Waals surface area contributed by atoms with Gasteiger partial charge in [-0.25, -0.2) is 4.21 Å². The zero-order valence-electron chi connectivity index (χ0n) is 3.40. The number of nitriles is 1. The van der Waals surface area contributed by atoms with Crippen molar-refractivity contribution in [1.82, 2.24) is 0 Å². The Bertz CT molecular complexity index is 156. The van der Waals surface area contributed by atoms with Crippen LogP contribution in [0.25, 0.3) is 0 Å². The van der Waals surface area contributed by atoms with Crippen molar-refractivity contribution in [1.29, 1.82) is 5.26 Å². The number of hydrogen-bond acceptors (Lipinski definition) is 2. The maximum absolute atomic E-state index is 9.74. The zero-order valence-corrected chi connectivity index (χ0v) is 5.19. The average molecular weight is 163 g/mol. The quantitative estimate of drug-likeness (QED) is 0.327. The number of hydrogen-bond donors (Lipinski definition) is 3. The Balaban J connectivity index is 0. The van der Waals surface area contributed by atoms with Crippen molar-refractivity contribution in [2.24, 2.45) is 0 Å². The fourth-order valence-electron chi connectivity index (χ4n) is 0.0921. The Morgan fingerprint density at radius 3 is 2.50 bits per heavy atom. The van der Waals surface area contributed by atoms with Gasteiger partial charge >= 0.3 is 29.6 Å². The number of thiol groups is 2. The molecule has 1 N–H and O–H groups in total. The first-order valence-electron chi connectivity index (χ1n) is 1.48. The van der Waals surface area contributed by atoms with Gasteiger partial charge in [0.1, 0.15) is 0 Å². The average Bonchev–Trinajstić information content (AvgIpc) is 1.61. The molecule has 44 valence electrons. The molecule has 0 aliphatic heterocycles. The van der Waals surface area contributed by atoms with Crippen LogP contribution < -0.4 is 0 Å². The minimum atomic E-state index is -2.11. The van der Waals surface area contributed by atoms with Gasteiger partial charge in [-0.2, -0.15) is 5.26 Å². The molecule has 0 aromatic heterocycles. The first kappa shape index (κ1) is 11.7. The Morgan fingerprint density at radius 1 is 1.88 bits per heavy atom. The van der Waals surface area contributed by atoms with Crippen molar-refractivity contribution in [3.05, 3.63) is 0 Å². The van der Waals surface area contributed by atoms with E-state index in [4.69, 9.17) is 9.81 Å². The second-order valence-electron chi connectivity index (χ2n) is 0.710. The molecule has 0 aliphatic carbocycles. The summed E-state index contributed by atoms with van der Waals surface area (Å²) in [4.78, 5) is 0. The second-order valence-corrected chi connectivity index (χ2v) is 3.69. The summed E-state index contributed by atoms with van der Waals surface area (Å²) in [6, 6.07) is 1.74. The van der Waals surface area contributed by atoms with Crippen LogP contribution in [-0.4, -0.2) is 44.1 Å². The van der Waals surface area contributed by atoms with E-state index in [2.05, 4.69) is 0 Å². The third kappa shape index (κ3) is 10.0. The van der Waals surface area contributed by atoms with Crippen molar-refractivity contribution in [2.75, 3.05) is 5.75 Å². The van der Waals surface area contributed by atoms with E-state index in [1.807, 2.05) is 0 Å². The first-order valence-corrected chi connectivity index (χ1v) is 4.47. The van der Waals surface area contributed by atoms with E-state index < -0.39 is 9.64 Å². The van der Waals surface area contributed by atoms with Crippen LogP contribution in [0.4, 0.5) is 0 Å². The summed E-state index contributed by atoms with van der Waals surface area (Å²) in [6.45, 7) is 0. The fraction of sp³-hybridized carbons (Fsp3) is 0.500. The summed E-state index contributed by atoms with van der Waals surface area (Å²) >= 11 is 0. The van der Waals surface area contributed by atoms with Crippen LogP contribution in [0.5, 0.6) is 0 Å². The summed E-state index contributed by atoms with van der Waals surface area (Å²) in [7, 11) is -1.79. The molecule has 1 atom stereocenters. The molecule has 0 bridgehead atoms. The molecule has 0 saturated carbocycles. The third-order valence-electron chi connectivity index (χ3n) is 0.262. The molecule has 3 nitrogen and oxygen atoms in total. The van der Waals surface area contributed by atoms with Gasteiger partial charge in [-0.05, 0) is 0 Å². The maximum atomic E-state index is 9.74. The predicted octanol–water partition coefficient (Wildman–Crippen LogP) is -1.45. The van der Waals surface area contributed by atoms with Crippen molar-refractivity contribution >= 4 is 49.5 Å². The SMILES string of the molecule is N#CC[SH]=[SH](=O)O.[NaH]. The standard InChI is InChI=1S/C2H5NO2S2.Na.H/c3-1-2-6-7(4)5;;/h6-7H,2H2,(H,4,5);;.